The zero-order valence-electron chi connectivity index (χ0n) is 14.8. The minimum Gasteiger partial charge on any atom is -0.387 e. The van der Waals surface area contributed by atoms with E-state index in [-0.39, 0.29) is 11.2 Å². The molecular formula is C10H15N4O14P3. The first-order valence-electron chi connectivity index (χ1n) is 7.89. The molecule has 0 amide bonds. The summed E-state index contributed by atoms with van der Waals surface area (Å²) in [6.45, 7) is -0.987. The molecule has 0 aliphatic carbocycles. The van der Waals surface area contributed by atoms with Crippen LogP contribution in [-0.2, 0) is 31.6 Å². The first kappa shape index (κ1) is 24.3. The Labute approximate surface area is 170 Å². The molecule has 1 saturated heterocycles. The lowest BCUT2D eigenvalue weighted by molar-refractivity contribution is -0.0503. The van der Waals surface area contributed by atoms with E-state index in [1.54, 1.807) is 0 Å². The summed E-state index contributed by atoms with van der Waals surface area (Å²) in [5.41, 5.74) is -0.681. The number of ether oxygens (including phenoxy) is 1. The van der Waals surface area contributed by atoms with Crippen LogP contribution in [0.25, 0.3) is 11.2 Å². The maximum Gasteiger partial charge on any atom is 0.490 e. The lowest BCUT2D eigenvalue weighted by Crippen LogP contribution is -2.33. The maximum atomic E-state index is 11.8. The third-order valence-corrected chi connectivity index (χ3v) is 7.60. The second-order valence-corrected chi connectivity index (χ2v) is 10.4. The molecule has 21 heteroatoms. The first-order chi connectivity index (χ1) is 14.2. The van der Waals surface area contributed by atoms with Crippen molar-refractivity contribution in [1.29, 1.82) is 0 Å². The van der Waals surface area contributed by atoms with Crippen LogP contribution in [0.1, 0.15) is 6.23 Å². The van der Waals surface area contributed by atoms with Gasteiger partial charge in [-0.2, -0.15) is 8.62 Å². The molecule has 3 rings (SSSR count). The normalized spacial score (nSPS) is 28.5. The predicted molar refractivity (Wildman–Crippen MR) is 93.9 cm³/mol. The summed E-state index contributed by atoms with van der Waals surface area (Å²) in [7, 11) is -16.7. The van der Waals surface area contributed by atoms with Gasteiger partial charge >= 0.3 is 23.5 Å². The average Bonchev–Trinajstić information content (AvgIpc) is 3.13. The van der Waals surface area contributed by atoms with Gasteiger partial charge in [0.15, 0.2) is 17.4 Å². The summed E-state index contributed by atoms with van der Waals surface area (Å²) in [6.07, 6.45) is -4.05. The molecule has 3 heterocycles. The number of phosphoric acid groups is 3. The largest absolute Gasteiger partial charge is 0.490 e. The molecule has 0 bridgehead atoms. The quantitative estimate of drug-likeness (QED) is 0.191. The first-order valence-corrected chi connectivity index (χ1v) is 12.4. The van der Waals surface area contributed by atoms with Crippen molar-refractivity contribution in [1.82, 2.24) is 19.5 Å². The predicted octanol–water partition coefficient (Wildman–Crippen LogP) is -1.92. The number of hydrogen-bond acceptors (Lipinski definition) is 12. The molecule has 0 saturated carbocycles. The van der Waals surface area contributed by atoms with E-state index < -0.39 is 60.2 Å². The number of rotatable bonds is 8. The van der Waals surface area contributed by atoms with Crippen LogP contribution in [0, 0.1) is 0 Å². The smallest absolute Gasteiger partial charge is 0.387 e. The fourth-order valence-corrected chi connectivity index (χ4v) is 5.65. The lowest BCUT2D eigenvalue weighted by atomic mass is 10.1. The van der Waals surface area contributed by atoms with Crippen LogP contribution in [-0.4, -0.2) is 74.2 Å². The number of aromatic nitrogens is 4. The zero-order valence-corrected chi connectivity index (χ0v) is 17.5. The fraction of sp³-hybridized carbons (Fsp3) is 0.500. The summed E-state index contributed by atoms with van der Waals surface area (Å²) in [5.74, 6) is 0. The van der Waals surface area contributed by atoms with Crippen LogP contribution in [0.5, 0.6) is 0 Å². The van der Waals surface area contributed by atoms with Crippen molar-refractivity contribution < 1.29 is 61.4 Å². The van der Waals surface area contributed by atoms with Crippen molar-refractivity contribution in [3.63, 3.8) is 0 Å². The number of hydrogen-bond donors (Lipinski definition) is 7. The third kappa shape index (κ3) is 5.71. The SMILES string of the molecule is O=c1[nH]cnc2c1ncn2[C@H]1O[C@@H](COP(=O)(O)OP(=O)(O)OP(=O)(O)O)[C@@H](O)[C@H]1O. The second kappa shape index (κ2) is 8.53. The van der Waals surface area contributed by atoms with Crippen LogP contribution >= 0.6 is 23.5 Å². The minimum atomic E-state index is -5.72. The number of aliphatic hydroxyl groups excluding tert-OH is 2. The van der Waals surface area contributed by atoms with E-state index in [0.717, 1.165) is 17.2 Å². The summed E-state index contributed by atoms with van der Waals surface area (Å²) in [5, 5.41) is 20.3. The number of fused-ring (bicyclic) bond motifs is 1. The van der Waals surface area contributed by atoms with E-state index in [1.165, 1.54) is 0 Å². The molecule has 7 N–H and O–H groups in total. The van der Waals surface area contributed by atoms with Crippen molar-refractivity contribution in [3.05, 3.63) is 23.0 Å². The van der Waals surface area contributed by atoms with Crippen molar-refractivity contribution >= 4 is 34.6 Å². The van der Waals surface area contributed by atoms with Gasteiger partial charge in [-0.25, -0.2) is 23.7 Å². The van der Waals surface area contributed by atoms with E-state index in [4.69, 9.17) is 19.4 Å². The zero-order chi connectivity index (χ0) is 23.2. The van der Waals surface area contributed by atoms with Crippen molar-refractivity contribution in [2.24, 2.45) is 0 Å². The van der Waals surface area contributed by atoms with Gasteiger partial charge in [0.25, 0.3) is 5.56 Å². The standard InChI is InChI=1S/C10H15N4O14P3/c15-6-4(1-25-30(21,22)28-31(23,24)27-29(18,19)20)26-10(7(6)16)14-3-13-5-8(14)11-2-12-9(5)17/h2-4,6-7,10,15-16H,1H2,(H,21,22)(H,23,24)(H,11,12,17)(H2,18,19,20)/t4-,6+,7+,10-/m0/s1. The molecule has 1 fully saturated rings. The van der Waals surface area contributed by atoms with Crippen LogP contribution in [0.4, 0.5) is 0 Å². The molecule has 2 unspecified atom stereocenters. The van der Waals surface area contributed by atoms with E-state index >= 15 is 0 Å². The number of aliphatic hydroxyl groups is 2. The monoisotopic (exact) mass is 508 g/mol. The Morgan fingerprint density at radius 2 is 1.74 bits per heavy atom. The maximum absolute atomic E-state index is 11.8. The Morgan fingerprint density at radius 3 is 2.39 bits per heavy atom. The number of aromatic amines is 1. The van der Waals surface area contributed by atoms with Crippen molar-refractivity contribution in [3.8, 4) is 0 Å². The summed E-state index contributed by atoms with van der Waals surface area (Å²) < 4.78 is 51.6. The molecule has 18 nitrogen and oxygen atoms in total. The van der Waals surface area contributed by atoms with Crippen molar-refractivity contribution in [2.45, 2.75) is 24.5 Å². The molecule has 31 heavy (non-hydrogen) atoms. The Balaban J connectivity index is 1.70. The van der Waals surface area contributed by atoms with Gasteiger partial charge < -0.3 is 39.5 Å². The van der Waals surface area contributed by atoms with Crippen LogP contribution in [0.3, 0.4) is 0 Å². The molecule has 0 spiro atoms. The Morgan fingerprint density at radius 1 is 1.06 bits per heavy atom. The molecule has 174 valence electrons. The Bertz CT molecular complexity index is 1160. The molecule has 0 radical (unpaired) electrons. The van der Waals surface area contributed by atoms with E-state index in [9.17, 15) is 33.6 Å². The van der Waals surface area contributed by atoms with Gasteiger partial charge in [-0.3, -0.25) is 13.9 Å². The van der Waals surface area contributed by atoms with Gasteiger partial charge in [0.05, 0.1) is 19.3 Å². The average molecular weight is 508 g/mol. The van der Waals surface area contributed by atoms with Crippen molar-refractivity contribution in [2.75, 3.05) is 6.61 Å². The van der Waals surface area contributed by atoms with Crippen LogP contribution in [0.2, 0.25) is 0 Å². The highest BCUT2D eigenvalue weighted by atomic mass is 31.3. The molecule has 6 atom stereocenters. The fourth-order valence-electron chi connectivity index (χ4n) is 2.62. The number of H-pyrrole nitrogens is 1. The molecule has 1 aliphatic heterocycles. The van der Waals surface area contributed by atoms with E-state index in [0.29, 0.717) is 0 Å². The lowest BCUT2D eigenvalue weighted by Gasteiger charge is -2.19. The van der Waals surface area contributed by atoms with Gasteiger partial charge in [-0.15, -0.1) is 0 Å². The second-order valence-electron chi connectivity index (χ2n) is 5.99. The van der Waals surface area contributed by atoms with Gasteiger partial charge in [0.1, 0.15) is 18.3 Å². The number of nitrogens with zero attached hydrogens (tertiary/aromatic N) is 3. The highest BCUT2D eigenvalue weighted by Crippen LogP contribution is 2.66. The van der Waals surface area contributed by atoms with Gasteiger partial charge in [0, 0.05) is 0 Å². The van der Waals surface area contributed by atoms with E-state index in [2.05, 4.69) is 28.1 Å². The third-order valence-electron chi connectivity index (χ3n) is 3.79. The molecule has 2 aromatic rings. The van der Waals surface area contributed by atoms with Gasteiger partial charge in [-0.1, -0.05) is 0 Å². The summed E-state index contributed by atoms with van der Waals surface area (Å²) >= 11 is 0. The number of imidazole rings is 1. The molecule has 2 aromatic heterocycles. The Hall–Kier alpha value is -1.36. The van der Waals surface area contributed by atoms with Gasteiger partial charge in [-0.05, 0) is 0 Å². The number of phosphoric ester groups is 1. The summed E-state index contributed by atoms with van der Waals surface area (Å²) in [6, 6.07) is 0. The summed E-state index contributed by atoms with van der Waals surface area (Å²) in [4.78, 5) is 57.2. The minimum absolute atomic E-state index is 0.00599. The highest BCUT2D eigenvalue weighted by Gasteiger charge is 2.47. The van der Waals surface area contributed by atoms with E-state index in [1.807, 2.05) is 0 Å². The highest BCUT2D eigenvalue weighted by molar-refractivity contribution is 7.66. The molecular weight excluding hydrogens is 493 g/mol. The van der Waals surface area contributed by atoms with Crippen LogP contribution < -0.4 is 5.56 Å². The van der Waals surface area contributed by atoms with Gasteiger partial charge in [0.2, 0.25) is 0 Å². The van der Waals surface area contributed by atoms with Crippen LogP contribution in [0.15, 0.2) is 17.4 Å². The molecule has 1 aliphatic rings. The molecule has 0 aromatic carbocycles. The topological polar surface area (TPSA) is 273 Å². The number of nitrogens with one attached hydrogen (secondary N) is 1. The Kier molecular flexibility index (Phi) is 6.68.